The van der Waals surface area contributed by atoms with Gasteiger partial charge in [-0.15, -0.1) is 0 Å². The molecule has 0 spiro atoms. The number of piperidine rings is 3. The standard InChI is InChI=1S/C17H23N3O/c18-11-15-4-2-1-3-13(15)5-6-17(21)19-16-12-20-9-7-14(16)8-10-20/h1-6,14,16H,7-12,18H2,(H,19,21)/b6-5+/t16-/m1/s1. The van der Waals surface area contributed by atoms with Gasteiger partial charge in [-0.05, 0) is 49.1 Å². The average molecular weight is 285 g/mol. The summed E-state index contributed by atoms with van der Waals surface area (Å²) in [4.78, 5) is 14.6. The second-order valence-electron chi connectivity index (χ2n) is 5.99. The Hall–Kier alpha value is -1.65. The number of hydrogen-bond acceptors (Lipinski definition) is 3. The predicted molar refractivity (Wildman–Crippen MR) is 84.5 cm³/mol. The fourth-order valence-electron chi connectivity index (χ4n) is 3.41. The molecule has 2 bridgehead atoms. The third kappa shape index (κ3) is 3.34. The molecule has 3 aliphatic rings. The molecule has 21 heavy (non-hydrogen) atoms. The third-order valence-corrected chi connectivity index (χ3v) is 4.67. The van der Waals surface area contributed by atoms with Gasteiger partial charge in [0.25, 0.3) is 0 Å². The Morgan fingerprint density at radius 2 is 2.10 bits per heavy atom. The molecule has 3 fully saturated rings. The van der Waals surface area contributed by atoms with Crippen molar-refractivity contribution < 1.29 is 4.79 Å². The summed E-state index contributed by atoms with van der Waals surface area (Å²) in [5, 5.41) is 3.16. The molecule has 0 aliphatic carbocycles. The van der Waals surface area contributed by atoms with E-state index < -0.39 is 0 Å². The minimum atomic E-state index is 0.000532. The van der Waals surface area contributed by atoms with Crippen LogP contribution in [0.2, 0.25) is 0 Å². The van der Waals surface area contributed by atoms with Gasteiger partial charge in [-0.2, -0.15) is 0 Å². The Morgan fingerprint density at radius 3 is 2.76 bits per heavy atom. The quantitative estimate of drug-likeness (QED) is 0.822. The molecule has 1 aromatic carbocycles. The van der Waals surface area contributed by atoms with E-state index in [1.54, 1.807) is 6.08 Å². The number of nitrogens with zero attached hydrogens (tertiary/aromatic N) is 1. The highest BCUT2D eigenvalue weighted by Gasteiger charge is 2.34. The van der Waals surface area contributed by atoms with Gasteiger partial charge in [0.05, 0.1) is 0 Å². The third-order valence-electron chi connectivity index (χ3n) is 4.67. The van der Waals surface area contributed by atoms with Crippen LogP contribution in [0.25, 0.3) is 6.08 Å². The van der Waals surface area contributed by atoms with Crippen LogP contribution in [-0.4, -0.2) is 36.5 Å². The van der Waals surface area contributed by atoms with Crippen molar-refractivity contribution in [3.8, 4) is 0 Å². The molecular weight excluding hydrogens is 262 g/mol. The Kier molecular flexibility index (Phi) is 4.36. The highest BCUT2D eigenvalue weighted by atomic mass is 16.1. The fraction of sp³-hybridized carbons (Fsp3) is 0.471. The van der Waals surface area contributed by atoms with Crippen molar-refractivity contribution in [2.24, 2.45) is 11.7 Å². The Labute approximate surface area is 126 Å². The summed E-state index contributed by atoms with van der Waals surface area (Å²) in [6.45, 7) is 3.87. The first-order valence-electron chi connectivity index (χ1n) is 7.75. The van der Waals surface area contributed by atoms with Crippen molar-refractivity contribution in [3.05, 3.63) is 41.5 Å². The lowest BCUT2D eigenvalue weighted by molar-refractivity contribution is -0.118. The van der Waals surface area contributed by atoms with Crippen LogP contribution in [-0.2, 0) is 11.3 Å². The summed E-state index contributed by atoms with van der Waals surface area (Å²) in [6.07, 6.45) is 5.92. The highest BCUT2D eigenvalue weighted by Crippen LogP contribution is 2.27. The molecule has 1 atom stereocenters. The van der Waals surface area contributed by atoms with Crippen molar-refractivity contribution in [1.82, 2.24) is 10.2 Å². The predicted octanol–water partition coefficient (Wildman–Crippen LogP) is 1.37. The van der Waals surface area contributed by atoms with Crippen LogP contribution in [0.1, 0.15) is 24.0 Å². The zero-order chi connectivity index (χ0) is 14.7. The number of rotatable bonds is 4. The smallest absolute Gasteiger partial charge is 0.244 e. The Balaban J connectivity index is 1.60. The van der Waals surface area contributed by atoms with E-state index in [9.17, 15) is 4.79 Å². The zero-order valence-electron chi connectivity index (χ0n) is 12.3. The number of carbonyl (C=O) groups excluding carboxylic acids is 1. The van der Waals surface area contributed by atoms with E-state index in [0.717, 1.165) is 17.7 Å². The number of carbonyl (C=O) groups is 1. The molecule has 3 N–H and O–H groups in total. The van der Waals surface area contributed by atoms with Crippen molar-refractivity contribution >= 4 is 12.0 Å². The van der Waals surface area contributed by atoms with E-state index in [4.69, 9.17) is 5.73 Å². The van der Waals surface area contributed by atoms with Crippen molar-refractivity contribution in [1.29, 1.82) is 0 Å². The molecule has 4 heteroatoms. The highest BCUT2D eigenvalue weighted by molar-refractivity contribution is 5.92. The van der Waals surface area contributed by atoms with Gasteiger partial charge in [-0.25, -0.2) is 0 Å². The maximum atomic E-state index is 12.1. The summed E-state index contributed by atoms with van der Waals surface area (Å²) >= 11 is 0. The van der Waals surface area contributed by atoms with Gasteiger partial charge in [-0.1, -0.05) is 24.3 Å². The molecular formula is C17H23N3O. The number of hydrogen-bond donors (Lipinski definition) is 2. The van der Waals surface area contributed by atoms with Gasteiger partial charge < -0.3 is 16.0 Å². The Bertz CT molecular complexity index is 533. The van der Waals surface area contributed by atoms with Gasteiger partial charge in [0.15, 0.2) is 0 Å². The normalized spacial score (nSPS) is 28.0. The molecule has 1 amide bonds. The molecule has 3 heterocycles. The maximum absolute atomic E-state index is 12.1. The molecule has 0 unspecified atom stereocenters. The minimum absolute atomic E-state index is 0.000532. The summed E-state index contributed by atoms with van der Waals surface area (Å²) in [7, 11) is 0. The number of nitrogens with two attached hydrogens (primary N) is 1. The summed E-state index contributed by atoms with van der Waals surface area (Å²) in [6, 6.07) is 8.22. The monoisotopic (exact) mass is 285 g/mol. The molecule has 3 aliphatic heterocycles. The molecule has 0 saturated carbocycles. The molecule has 4 nitrogen and oxygen atoms in total. The lowest BCUT2D eigenvalue weighted by atomic mass is 9.84. The Morgan fingerprint density at radius 1 is 1.33 bits per heavy atom. The number of benzene rings is 1. The number of fused-ring (bicyclic) bond motifs is 3. The second-order valence-corrected chi connectivity index (χ2v) is 5.99. The van der Waals surface area contributed by atoms with Gasteiger partial charge in [0.1, 0.15) is 0 Å². The van der Waals surface area contributed by atoms with Gasteiger partial charge in [0.2, 0.25) is 5.91 Å². The zero-order valence-corrected chi connectivity index (χ0v) is 12.3. The fourth-order valence-corrected chi connectivity index (χ4v) is 3.41. The van der Waals surface area contributed by atoms with E-state index >= 15 is 0 Å². The van der Waals surface area contributed by atoms with E-state index in [1.807, 2.05) is 30.3 Å². The number of amides is 1. The van der Waals surface area contributed by atoms with Crippen LogP contribution in [0.5, 0.6) is 0 Å². The largest absolute Gasteiger partial charge is 0.348 e. The molecule has 0 aromatic heterocycles. The first-order chi connectivity index (χ1) is 10.3. The van der Waals surface area contributed by atoms with Gasteiger partial charge >= 0.3 is 0 Å². The summed E-state index contributed by atoms with van der Waals surface area (Å²) in [5.74, 6) is 0.657. The van der Waals surface area contributed by atoms with Crippen LogP contribution >= 0.6 is 0 Å². The van der Waals surface area contributed by atoms with E-state index in [1.165, 1.54) is 25.9 Å². The SMILES string of the molecule is NCc1ccccc1/C=C/C(=O)N[C@@H]1CN2CCC1CC2. The summed E-state index contributed by atoms with van der Waals surface area (Å²) < 4.78 is 0. The first kappa shape index (κ1) is 14.3. The van der Waals surface area contributed by atoms with Crippen LogP contribution in [0, 0.1) is 5.92 Å². The molecule has 0 radical (unpaired) electrons. The van der Waals surface area contributed by atoms with Crippen molar-refractivity contribution in [2.75, 3.05) is 19.6 Å². The first-order valence-corrected chi connectivity index (χ1v) is 7.75. The van der Waals surface area contributed by atoms with Crippen LogP contribution in [0.15, 0.2) is 30.3 Å². The lowest BCUT2D eigenvalue weighted by Crippen LogP contribution is -2.57. The topological polar surface area (TPSA) is 58.4 Å². The maximum Gasteiger partial charge on any atom is 0.244 e. The van der Waals surface area contributed by atoms with Crippen molar-refractivity contribution in [3.63, 3.8) is 0 Å². The van der Waals surface area contributed by atoms with E-state index in [2.05, 4.69) is 10.2 Å². The number of nitrogens with one attached hydrogen (secondary N) is 1. The summed E-state index contributed by atoms with van der Waals surface area (Å²) in [5.41, 5.74) is 7.78. The lowest BCUT2D eigenvalue weighted by Gasteiger charge is -2.44. The van der Waals surface area contributed by atoms with Crippen LogP contribution in [0.4, 0.5) is 0 Å². The molecule has 112 valence electrons. The van der Waals surface area contributed by atoms with Crippen molar-refractivity contribution in [2.45, 2.75) is 25.4 Å². The molecule has 3 saturated heterocycles. The van der Waals surface area contributed by atoms with E-state index in [-0.39, 0.29) is 5.91 Å². The minimum Gasteiger partial charge on any atom is -0.348 e. The van der Waals surface area contributed by atoms with Crippen LogP contribution < -0.4 is 11.1 Å². The average Bonchev–Trinajstić information content (AvgIpc) is 2.54. The molecule has 4 rings (SSSR count). The second kappa shape index (κ2) is 6.41. The van der Waals surface area contributed by atoms with E-state index in [0.29, 0.717) is 18.5 Å². The molecule has 1 aromatic rings. The van der Waals surface area contributed by atoms with Crippen LogP contribution in [0.3, 0.4) is 0 Å². The van der Waals surface area contributed by atoms with Gasteiger partial charge in [-0.3, -0.25) is 4.79 Å². The van der Waals surface area contributed by atoms with Gasteiger partial charge in [0, 0.05) is 25.2 Å².